The molecule has 0 aromatic carbocycles. The van der Waals surface area contributed by atoms with Crippen LogP contribution in [0.1, 0.15) is 34.1 Å². The van der Waals surface area contributed by atoms with E-state index in [1.54, 1.807) is 20.8 Å². The molecule has 0 aliphatic rings. The van der Waals surface area contributed by atoms with Gasteiger partial charge < -0.3 is 29.4 Å². The van der Waals surface area contributed by atoms with Crippen LogP contribution in [0.5, 0.6) is 0 Å². The van der Waals surface area contributed by atoms with Crippen molar-refractivity contribution in [1.29, 1.82) is 0 Å². The number of ether oxygens (including phenoxy) is 4. The third kappa shape index (κ3) is 14.0. The summed E-state index contributed by atoms with van der Waals surface area (Å²) in [5, 5.41) is 11.3. The van der Waals surface area contributed by atoms with Gasteiger partial charge in [-0.3, -0.25) is 0 Å². The molecule has 8 heteroatoms. The maximum Gasteiger partial charge on any atom is 0.408 e. The number of carboxylic acids is 1. The van der Waals surface area contributed by atoms with Crippen LogP contribution >= 0.6 is 0 Å². The highest BCUT2D eigenvalue weighted by molar-refractivity contribution is 5.80. The van der Waals surface area contributed by atoms with E-state index in [9.17, 15) is 9.59 Å². The summed E-state index contributed by atoms with van der Waals surface area (Å²) in [6.07, 6.45) is 0.169. The van der Waals surface area contributed by atoms with E-state index in [-0.39, 0.29) is 13.2 Å². The highest BCUT2D eigenvalue weighted by Gasteiger charge is 2.23. The Hall–Kier alpha value is -1.38. The number of carbonyl (C=O) groups excluding carboxylic acids is 1. The summed E-state index contributed by atoms with van der Waals surface area (Å²) in [7, 11) is 0. The van der Waals surface area contributed by atoms with Crippen molar-refractivity contribution in [3.8, 4) is 0 Å². The van der Waals surface area contributed by atoms with E-state index in [0.29, 0.717) is 26.4 Å². The summed E-state index contributed by atoms with van der Waals surface area (Å²) in [5.74, 6) is -1.19. The number of alkyl carbamates (subject to hydrolysis) is 1. The molecule has 0 spiro atoms. The number of nitrogens with one attached hydrogen (secondary N) is 1. The van der Waals surface area contributed by atoms with Crippen LogP contribution < -0.4 is 5.32 Å². The molecule has 0 aromatic rings. The number of hydrogen-bond acceptors (Lipinski definition) is 6. The molecule has 0 unspecified atom stereocenters. The minimum Gasteiger partial charge on any atom is -0.480 e. The molecule has 0 aromatic heterocycles. The summed E-state index contributed by atoms with van der Waals surface area (Å²) in [6.45, 7) is 9.19. The molecular formula is C15H29NO7. The van der Waals surface area contributed by atoms with E-state index >= 15 is 0 Å². The fraction of sp³-hybridized carbons (Fsp3) is 0.867. The fourth-order valence-corrected chi connectivity index (χ4v) is 1.41. The maximum atomic E-state index is 11.5. The Morgan fingerprint density at radius 1 is 1.00 bits per heavy atom. The predicted molar refractivity (Wildman–Crippen MR) is 83.5 cm³/mol. The molecule has 8 nitrogen and oxygen atoms in total. The van der Waals surface area contributed by atoms with Crippen molar-refractivity contribution in [1.82, 2.24) is 5.32 Å². The van der Waals surface area contributed by atoms with Gasteiger partial charge in [0.25, 0.3) is 0 Å². The quantitative estimate of drug-likeness (QED) is 0.520. The molecule has 0 heterocycles. The molecule has 1 atom stereocenters. The molecule has 2 N–H and O–H groups in total. The minimum atomic E-state index is -1.19. The van der Waals surface area contributed by atoms with Crippen LogP contribution in [0.2, 0.25) is 0 Å². The second-order valence-electron chi connectivity index (χ2n) is 5.84. The molecule has 0 saturated carbocycles. The molecule has 0 aliphatic carbocycles. The lowest BCUT2D eigenvalue weighted by Crippen LogP contribution is -2.46. The van der Waals surface area contributed by atoms with Crippen molar-refractivity contribution in [3.63, 3.8) is 0 Å². The molecule has 136 valence electrons. The van der Waals surface area contributed by atoms with Gasteiger partial charge in [-0.25, -0.2) is 9.59 Å². The van der Waals surface area contributed by atoms with E-state index in [0.717, 1.165) is 6.42 Å². The van der Waals surface area contributed by atoms with Crippen LogP contribution in [0.4, 0.5) is 4.79 Å². The van der Waals surface area contributed by atoms with E-state index in [2.05, 4.69) is 5.32 Å². The predicted octanol–water partition coefficient (Wildman–Crippen LogP) is 1.42. The maximum absolute atomic E-state index is 11.5. The van der Waals surface area contributed by atoms with Gasteiger partial charge in [0.15, 0.2) is 6.04 Å². The number of amides is 1. The number of rotatable bonds is 12. The van der Waals surface area contributed by atoms with Gasteiger partial charge in [-0.15, -0.1) is 0 Å². The first-order valence-electron chi connectivity index (χ1n) is 7.71. The summed E-state index contributed by atoms with van der Waals surface area (Å²) >= 11 is 0. The third-order valence-electron chi connectivity index (χ3n) is 2.37. The topological polar surface area (TPSA) is 103 Å². The summed E-state index contributed by atoms with van der Waals surface area (Å²) in [4.78, 5) is 22.6. The third-order valence-corrected chi connectivity index (χ3v) is 2.37. The zero-order valence-corrected chi connectivity index (χ0v) is 14.4. The second-order valence-corrected chi connectivity index (χ2v) is 5.84. The monoisotopic (exact) mass is 335 g/mol. The lowest BCUT2D eigenvalue weighted by Gasteiger charge is -2.22. The Morgan fingerprint density at radius 2 is 1.52 bits per heavy atom. The zero-order chi connectivity index (χ0) is 17.7. The fourth-order valence-electron chi connectivity index (χ4n) is 1.41. The molecule has 0 bridgehead atoms. The van der Waals surface area contributed by atoms with Crippen molar-refractivity contribution in [2.24, 2.45) is 0 Å². The van der Waals surface area contributed by atoms with Gasteiger partial charge >= 0.3 is 12.1 Å². The first-order chi connectivity index (χ1) is 10.8. The second kappa shape index (κ2) is 12.1. The Bertz CT molecular complexity index is 341. The molecule has 0 rings (SSSR count). The van der Waals surface area contributed by atoms with Crippen LogP contribution in [0.25, 0.3) is 0 Å². The van der Waals surface area contributed by atoms with Crippen molar-refractivity contribution in [3.05, 3.63) is 0 Å². The van der Waals surface area contributed by atoms with Gasteiger partial charge in [0.05, 0.1) is 33.0 Å². The Kier molecular flexibility index (Phi) is 11.4. The van der Waals surface area contributed by atoms with Gasteiger partial charge in [0, 0.05) is 6.61 Å². The van der Waals surface area contributed by atoms with Gasteiger partial charge in [-0.2, -0.15) is 0 Å². The van der Waals surface area contributed by atoms with Gasteiger partial charge in [-0.1, -0.05) is 6.92 Å². The van der Waals surface area contributed by atoms with Gasteiger partial charge in [-0.05, 0) is 27.2 Å². The highest BCUT2D eigenvalue weighted by atomic mass is 16.6. The highest BCUT2D eigenvalue weighted by Crippen LogP contribution is 2.06. The first-order valence-corrected chi connectivity index (χ1v) is 7.71. The Labute approximate surface area is 137 Å². The number of aliphatic carboxylic acids is 1. The van der Waals surface area contributed by atoms with Crippen molar-refractivity contribution < 1.29 is 33.6 Å². The summed E-state index contributed by atoms with van der Waals surface area (Å²) in [5.41, 5.74) is -0.693. The molecule has 1 amide bonds. The number of hydrogen-bond donors (Lipinski definition) is 2. The normalized spacial score (nSPS) is 12.7. The van der Waals surface area contributed by atoms with Gasteiger partial charge in [0.1, 0.15) is 5.60 Å². The van der Waals surface area contributed by atoms with Crippen molar-refractivity contribution in [2.45, 2.75) is 45.8 Å². The average Bonchev–Trinajstić information content (AvgIpc) is 2.42. The minimum absolute atomic E-state index is 0.162. The van der Waals surface area contributed by atoms with Crippen LogP contribution in [0.15, 0.2) is 0 Å². The van der Waals surface area contributed by atoms with Gasteiger partial charge in [0.2, 0.25) is 0 Å². The average molecular weight is 335 g/mol. The molecule has 0 fully saturated rings. The first kappa shape index (κ1) is 21.6. The molecule has 0 saturated heterocycles. The van der Waals surface area contributed by atoms with E-state index < -0.39 is 23.7 Å². The Balaban J connectivity index is 3.81. The standard InChI is InChI=1S/C15H29NO7/c1-5-6-20-7-8-21-9-10-22-11-12(13(17)18)16-14(19)23-15(2,3)4/h12H,5-11H2,1-4H3,(H,16,19)(H,17,18)/t12-/m0/s1. The van der Waals surface area contributed by atoms with E-state index in [4.69, 9.17) is 24.1 Å². The van der Waals surface area contributed by atoms with Crippen LogP contribution in [0, 0.1) is 0 Å². The largest absolute Gasteiger partial charge is 0.480 e. The Morgan fingerprint density at radius 3 is 2.00 bits per heavy atom. The number of carboxylic acid groups (broad SMARTS) is 1. The smallest absolute Gasteiger partial charge is 0.408 e. The summed E-state index contributed by atoms with van der Waals surface area (Å²) < 4.78 is 20.7. The molecular weight excluding hydrogens is 306 g/mol. The molecule has 0 aliphatic heterocycles. The zero-order valence-electron chi connectivity index (χ0n) is 14.4. The lowest BCUT2D eigenvalue weighted by molar-refractivity contribution is -0.141. The van der Waals surface area contributed by atoms with Crippen LogP contribution in [-0.2, 0) is 23.7 Å². The van der Waals surface area contributed by atoms with Crippen LogP contribution in [-0.4, -0.2) is 68.5 Å². The lowest BCUT2D eigenvalue weighted by atomic mass is 10.2. The SMILES string of the molecule is CCCOCCOCCOC[C@H](NC(=O)OC(C)(C)C)C(=O)O. The molecule has 23 heavy (non-hydrogen) atoms. The van der Waals surface area contributed by atoms with Crippen LogP contribution in [0.3, 0.4) is 0 Å². The summed E-state index contributed by atoms with van der Waals surface area (Å²) in [6, 6.07) is -1.17. The van der Waals surface area contributed by atoms with Crippen molar-refractivity contribution >= 4 is 12.1 Å². The van der Waals surface area contributed by atoms with Crippen molar-refractivity contribution in [2.75, 3.05) is 39.6 Å². The van der Waals surface area contributed by atoms with E-state index in [1.165, 1.54) is 0 Å². The molecule has 0 radical (unpaired) electrons. The number of carbonyl (C=O) groups is 2. The van der Waals surface area contributed by atoms with E-state index in [1.807, 2.05) is 6.92 Å².